The van der Waals surface area contributed by atoms with Crippen LogP contribution in [0.3, 0.4) is 0 Å². The quantitative estimate of drug-likeness (QED) is 0.246. The highest BCUT2D eigenvalue weighted by atomic mass is 16.6. The first kappa shape index (κ1) is 26.7. The van der Waals surface area contributed by atoms with Gasteiger partial charge in [0, 0.05) is 6.42 Å². The van der Waals surface area contributed by atoms with Crippen LogP contribution in [0.2, 0.25) is 0 Å². The number of methoxy groups -OCH3 is 1. The molecular weight excluding hydrogens is 508 g/mol. The molecule has 0 saturated heterocycles. The Kier molecular flexibility index (Phi) is 8.25. The Balaban J connectivity index is 1.30. The molecule has 0 fully saturated rings. The lowest BCUT2D eigenvalue weighted by molar-refractivity contribution is -0.154. The van der Waals surface area contributed by atoms with E-state index >= 15 is 0 Å². The summed E-state index contributed by atoms with van der Waals surface area (Å²) in [6.07, 6.45) is 0.516. The topological polar surface area (TPSA) is 86.7 Å². The van der Waals surface area contributed by atoms with Crippen LogP contribution >= 0.6 is 0 Å². The molecule has 1 atom stereocenters. The molecule has 8 heteroatoms. The van der Waals surface area contributed by atoms with Crippen LogP contribution in [0.25, 0.3) is 10.8 Å². The first-order chi connectivity index (χ1) is 19.6. The lowest BCUT2D eigenvalue weighted by Crippen LogP contribution is -2.32. The summed E-state index contributed by atoms with van der Waals surface area (Å²) >= 11 is 0. The fourth-order valence-corrected chi connectivity index (χ4v) is 4.60. The molecule has 8 nitrogen and oxygen atoms in total. The normalized spacial score (nSPS) is 14.5. The van der Waals surface area contributed by atoms with Gasteiger partial charge in [0.25, 0.3) is 5.91 Å². The van der Waals surface area contributed by atoms with Crippen molar-refractivity contribution in [1.29, 1.82) is 0 Å². The van der Waals surface area contributed by atoms with Crippen molar-refractivity contribution in [1.82, 2.24) is 5.01 Å². The summed E-state index contributed by atoms with van der Waals surface area (Å²) in [7, 11) is 1.61. The van der Waals surface area contributed by atoms with Gasteiger partial charge in [0.1, 0.15) is 5.75 Å². The molecule has 4 aromatic rings. The number of benzene rings is 4. The van der Waals surface area contributed by atoms with E-state index in [1.54, 1.807) is 25.3 Å². The Morgan fingerprint density at radius 2 is 1.55 bits per heavy atom. The zero-order chi connectivity index (χ0) is 27.9. The van der Waals surface area contributed by atoms with Crippen molar-refractivity contribution in [3.05, 3.63) is 102 Å². The maximum Gasteiger partial charge on any atom is 0.344 e. The van der Waals surface area contributed by atoms with Crippen molar-refractivity contribution in [3.63, 3.8) is 0 Å². The molecule has 0 aromatic heterocycles. The van der Waals surface area contributed by atoms with E-state index in [1.165, 1.54) is 5.01 Å². The molecule has 0 saturated carbocycles. The number of nitrogens with zero attached hydrogens (tertiary/aromatic N) is 2. The number of carbonyl (C=O) groups excluding carboxylic acids is 2. The minimum absolute atomic E-state index is 0.354. The van der Waals surface area contributed by atoms with Crippen molar-refractivity contribution >= 4 is 28.4 Å². The number of rotatable bonds is 10. The van der Waals surface area contributed by atoms with Gasteiger partial charge in [-0.3, -0.25) is 4.79 Å². The van der Waals surface area contributed by atoms with E-state index in [0.29, 0.717) is 24.5 Å². The molecule has 0 aliphatic carbocycles. The average Bonchev–Trinajstić information content (AvgIpc) is 3.45. The Hall–Kier alpha value is -4.85. The molecule has 1 unspecified atom stereocenters. The number of fused-ring (bicyclic) bond motifs is 1. The van der Waals surface area contributed by atoms with E-state index in [4.69, 9.17) is 24.0 Å². The summed E-state index contributed by atoms with van der Waals surface area (Å²) < 4.78 is 21.6. The molecule has 1 aliphatic heterocycles. The van der Waals surface area contributed by atoms with E-state index < -0.39 is 18.5 Å². The third-order valence-electron chi connectivity index (χ3n) is 6.60. The first-order valence-electron chi connectivity index (χ1n) is 13.1. The number of hydrazone groups is 1. The van der Waals surface area contributed by atoms with E-state index in [1.807, 2.05) is 67.6 Å². The van der Waals surface area contributed by atoms with E-state index in [-0.39, 0.29) is 12.6 Å². The van der Waals surface area contributed by atoms with Gasteiger partial charge in [-0.2, -0.15) is 5.10 Å². The summed E-state index contributed by atoms with van der Waals surface area (Å²) in [5.74, 6) is 0.577. The predicted molar refractivity (Wildman–Crippen MR) is 152 cm³/mol. The molecule has 4 aromatic carbocycles. The van der Waals surface area contributed by atoms with Crippen molar-refractivity contribution in [2.75, 3.05) is 26.9 Å². The fraction of sp³-hybridized carbons (Fsp3) is 0.219. The number of amides is 1. The number of carbonyl (C=O) groups is 2. The van der Waals surface area contributed by atoms with Crippen LogP contribution in [0, 0.1) is 0 Å². The Morgan fingerprint density at radius 3 is 2.27 bits per heavy atom. The summed E-state index contributed by atoms with van der Waals surface area (Å²) in [6, 6.07) is 28.5. The second-order valence-electron chi connectivity index (χ2n) is 9.17. The lowest BCUT2D eigenvalue weighted by atomic mass is 9.97. The smallest absolute Gasteiger partial charge is 0.344 e. The zero-order valence-electron chi connectivity index (χ0n) is 22.4. The van der Waals surface area contributed by atoms with Gasteiger partial charge in [-0.25, -0.2) is 9.80 Å². The minimum Gasteiger partial charge on any atom is -0.497 e. The summed E-state index contributed by atoms with van der Waals surface area (Å²) in [6.45, 7) is 1.51. The molecule has 0 spiro atoms. The average molecular weight is 539 g/mol. The number of hydrogen-bond acceptors (Lipinski definition) is 7. The highest BCUT2D eigenvalue weighted by Gasteiger charge is 2.33. The lowest BCUT2D eigenvalue weighted by Gasteiger charge is -2.22. The van der Waals surface area contributed by atoms with Crippen molar-refractivity contribution < 1.29 is 28.5 Å². The van der Waals surface area contributed by atoms with Crippen LogP contribution in [-0.2, 0) is 14.3 Å². The molecule has 204 valence electrons. The molecule has 40 heavy (non-hydrogen) atoms. The van der Waals surface area contributed by atoms with Gasteiger partial charge in [0.2, 0.25) is 0 Å². The van der Waals surface area contributed by atoms with Crippen LogP contribution in [0.5, 0.6) is 17.2 Å². The molecule has 1 heterocycles. The second-order valence-corrected chi connectivity index (χ2v) is 9.17. The van der Waals surface area contributed by atoms with Crippen LogP contribution in [0.4, 0.5) is 0 Å². The minimum atomic E-state index is -0.668. The Bertz CT molecular complexity index is 1530. The van der Waals surface area contributed by atoms with Gasteiger partial charge in [0.15, 0.2) is 24.7 Å². The van der Waals surface area contributed by atoms with Gasteiger partial charge in [-0.05, 0) is 59.2 Å². The van der Waals surface area contributed by atoms with Gasteiger partial charge >= 0.3 is 5.97 Å². The number of hydrogen-bond donors (Lipinski definition) is 0. The van der Waals surface area contributed by atoms with Gasteiger partial charge in [-0.15, -0.1) is 0 Å². The van der Waals surface area contributed by atoms with Gasteiger partial charge < -0.3 is 18.9 Å². The highest BCUT2D eigenvalue weighted by molar-refractivity contribution is 6.05. The number of para-hydroxylation sites is 2. The second kappa shape index (κ2) is 12.3. The highest BCUT2D eigenvalue weighted by Crippen LogP contribution is 2.34. The molecule has 5 rings (SSSR count). The number of esters is 1. The third-order valence-corrected chi connectivity index (χ3v) is 6.60. The van der Waals surface area contributed by atoms with Crippen molar-refractivity contribution in [3.8, 4) is 17.2 Å². The summed E-state index contributed by atoms with van der Waals surface area (Å²) in [5.41, 5.74) is 2.61. The number of ether oxygens (including phenoxy) is 4. The van der Waals surface area contributed by atoms with E-state index in [0.717, 1.165) is 33.4 Å². The molecule has 1 amide bonds. The van der Waals surface area contributed by atoms with E-state index in [9.17, 15) is 9.59 Å². The standard InChI is InChI=1S/C32H30N2O6/c1-3-38-29-10-6-7-11-30(29)39-21-32(36)40-20-31(35)34-28(23-14-16-26(37-2)17-15-23)19-27(33-34)25-13-12-22-8-4-5-9-24(22)18-25/h4-18,28H,3,19-21H2,1-2H3. The summed E-state index contributed by atoms with van der Waals surface area (Å²) in [5, 5.41) is 8.33. The maximum absolute atomic E-state index is 13.3. The first-order valence-corrected chi connectivity index (χ1v) is 13.1. The van der Waals surface area contributed by atoms with E-state index in [2.05, 4.69) is 12.1 Å². The monoisotopic (exact) mass is 538 g/mol. The van der Waals surface area contributed by atoms with Crippen molar-refractivity contribution in [2.45, 2.75) is 19.4 Å². The Labute approximate surface area is 232 Å². The van der Waals surface area contributed by atoms with Gasteiger partial charge in [-0.1, -0.05) is 60.7 Å². The van der Waals surface area contributed by atoms with Crippen molar-refractivity contribution in [2.24, 2.45) is 5.10 Å². The molecular formula is C32H30N2O6. The summed E-state index contributed by atoms with van der Waals surface area (Å²) in [4.78, 5) is 25.7. The molecule has 1 aliphatic rings. The zero-order valence-corrected chi connectivity index (χ0v) is 22.4. The molecule has 0 radical (unpaired) electrons. The SMILES string of the molecule is CCOc1ccccc1OCC(=O)OCC(=O)N1N=C(c2ccc3ccccc3c2)CC1c1ccc(OC)cc1. The largest absolute Gasteiger partial charge is 0.497 e. The fourth-order valence-electron chi connectivity index (χ4n) is 4.60. The van der Waals surface area contributed by atoms with Crippen LogP contribution in [-0.4, -0.2) is 49.5 Å². The van der Waals surface area contributed by atoms with Crippen LogP contribution in [0.15, 0.2) is 96.1 Å². The third kappa shape index (κ3) is 6.07. The molecule has 0 N–H and O–H groups in total. The van der Waals surface area contributed by atoms with Crippen LogP contribution < -0.4 is 14.2 Å². The molecule has 0 bridgehead atoms. The van der Waals surface area contributed by atoms with Crippen LogP contribution in [0.1, 0.15) is 30.5 Å². The Morgan fingerprint density at radius 1 is 0.850 bits per heavy atom. The van der Waals surface area contributed by atoms with Gasteiger partial charge in [0.05, 0.1) is 25.5 Å². The maximum atomic E-state index is 13.3. The predicted octanol–water partition coefficient (Wildman–Crippen LogP) is 5.55.